The zero-order valence-electron chi connectivity index (χ0n) is 12.5. The molecule has 3 aromatic rings. The molecule has 0 saturated heterocycles. The van der Waals surface area contributed by atoms with Gasteiger partial charge in [-0.1, -0.05) is 34.1 Å². The van der Waals surface area contributed by atoms with E-state index in [1.54, 1.807) is 36.5 Å². The van der Waals surface area contributed by atoms with Gasteiger partial charge in [-0.05, 0) is 36.4 Å². The summed E-state index contributed by atoms with van der Waals surface area (Å²) >= 11 is 3.43. The normalized spacial score (nSPS) is 11.5. The summed E-state index contributed by atoms with van der Waals surface area (Å²) in [6.07, 6.45) is 0.735. The fourth-order valence-electron chi connectivity index (χ4n) is 2.20. The summed E-state index contributed by atoms with van der Waals surface area (Å²) in [6, 6.07) is 18.2. The van der Waals surface area contributed by atoms with Crippen molar-refractivity contribution in [2.24, 2.45) is 0 Å². The third kappa shape index (κ3) is 3.59. The van der Waals surface area contributed by atoms with Crippen LogP contribution in [-0.2, 0) is 0 Å². The summed E-state index contributed by atoms with van der Waals surface area (Å²) in [5.41, 5.74) is 2.58. The van der Waals surface area contributed by atoms with Crippen molar-refractivity contribution in [3.05, 3.63) is 82.1 Å². The average molecular weight is 381 g/mol. The maximum absolute atomic E-state index is 10.5. The quantitative estimate of drug-likeness (QED) is 0.716. The molecule has 24 heavy (non-hydrogen) atoms. The van der Waals surface area contributed by atoms with Crippen LogP contribution in [0.3, 0.4) is 0 Å². The molecule has 0 bridgehead atoms. The molecular formula is C18H13BrN4O. The van der Waals surface area contributed by atoms with Gasteiger partial charge in [0, 0.05) is 21.9 Å². The molecule has 1 aromatic heterocycles. The Morgan fingerprint density at radius 2 is 1.83 bits per heavy atom. The second-order valence-corrected chi connectivity index (χ2v) is 5.90. The van der Waals surface area contributed by atoms with Crippen LogP contribution in [0.15, 0.2) is 65.3 Å². The lowest BCUT2D eigenvalue weighted by Crippen LogP contribution is -2.06. The molecule has 0 aliphatic heterocycles. The van der Waals surface area contributed by atoms with Crippen molar-refractivity contribution >= 4 is 27.6 Å². The topological polar surface area (TPSA) is 81.8 Å². The van der Waals surface area contributed by atoms with Crippen LogP contribution < -0.4 is 5.32 Å². The molecule has 0 aliphatic rings. The van der Waals surface area contributed by atoms with Crippen LogP contribution in [0.5, 0.6) is 0 Å². The number of aliphatic hydroxyl groups excluding tert-OH is 1. The molecular weight excluding hydrogens is 368 g/mol. The van der Waals surface area contributed by atoms with Crippen molar-refractivity contribution in [1.29, 1.82) is 5.26 Å². The van der Waals surface area contributed by atoms with E-state index in [0.29, 0.717) is 17.2 Å². The molecule has 118 valence electrons. The second kappa shape index (κ2) is 7.21. The van der Waals surface area contributed by atoms with Crippen LogP contribution in [0.4, 0.5) is 11.6 Å². The third-order valence-corrected chi connectivity index (χ3v) is 4.15. The number of hydrogen-bond donors (Lipinski definition) is 2. The largest absolute Gasteiger partial charge is 0.382 e. The van der Waals surface area contributed by atoms with E-state index < -0.39 is 6.10 Å². The van der Waals surface area contributed by atoms with Crippen molar-refractivity contribution in [2.75, 3.05) is 5.32 Å². The number of halogens is 1. The second-order valence-electron chi connectivity index (χ2n) is 5.04. The first-order chi connectivity index (χ1) is 11.7. The van der Waals surface area contributed by atoms with Crippen molar-refractivity contribution in [3.8, 4) is 6.07 Å². The molecule has 5 nitrogen and oxygen atoms in total. The van der Waals surface area contributed by atoms with Gasteiger partial charge in [0.1, 0.15) is 6.10 Å². The Morgan fingerprint density at radius 1 is 1.08 bits per heavy atom. The lowest BCUT2D eigenvalue weighted by Gasteiger charge is -2.13. The first kappa shape index (κ1) is 16.1. The fourth-order valence-corrected chi connectivity index (χ4v) is 2.70. The molecule has 0 radical (unpaired) electrons. The minimum atomic E-state index is -0.856. The van der Waals surface area contributed by atoms with Crippen LogP contribution in [-0.4, -0.2) is 15.1 Å². The molecule has 0 saturated carbocycles. The van der Waals surface area contributed by atoms with Gasteiger partial charge in [-0.3, -0.25) is 0 Å². The van der Waals surface area contributed by atoms with E-state index >= 15 is 0 Å². The third-order valence-electron chi connectivity index (χ3n) is 3.43. The maximum Gasteiger partial charge on any atom is 0.227 e. The van der Waals surface area contributed by atoms with Gasteiger partial charge < -0.3 is 10.4 Å². The van der Waals surface area contributed by atoms with Crippen molar-refractivity contribution in [3.63, 3.8) is 0 Å². The molecule has 1 unspecified atom stereocenters. The Morgan fingerprint density at radius 3 is 2.54 bits per heavy atom. The number of aromatic nitrogens is 2. The summed E-state index contributed by atoms with van der Waals surface area (Å²) < 4.78 is 0.817. The standard InChI is InChI=1S/C18H13BrN4O/c19-15-4-2-1-3-14(15)17(24)16-9-10-21-18(23-16)22-13-7-5-12(11-20)6-8-13/h1-10,17,24H,(H,21,22,23). The summed E-state index contributed by atoms with van der Waals surface area (Å²) in [4.78, 5) is 8.54. The van der Waals surface area contributed by atoms with Crippen LogP contribution in [0, 0.1) is 11.3 Å². The van der Waals surface area contributed by atoms with E-state index in [1.807, 2.05) is 24.3 Å². The highest BCUT2D eigenvalue weighted by atomic mass is 79.9. The van der Waals surface area contributed by atoms with Crippen molar-refractivity contribution in [2.45, 2.75) is 6.10 Å². The summed E-state index contributed by atoms with van der Waals surface area (Å²) in [5.74, 6) is 0.378. The van der Waals surface area contributed by atoms with Crippen molar-refractivity contribution < 1.29 is 5.11 Å². The molecule has 0 aliphatic carbocycles. The Bertz CT molecular complexity index is 890. The number of nitrogens with one attached hydrogen (secondary N) is 1. The number of hydrogen-bond acceptors (Lipinski definition) is 5. The summed E-state index contributed by atoms with van der Waals surface area (Å²) in [7, 11) is 0. The van der Waals surface area contributed by atoms with E-state index in [1.165, 1.54) is 0 Å². The minimum absolute atomic E-state index is 0.378. The average Bonchev–Trinajstić information content (AvgIpc) is 2.62. The SMILES string of the molecule is N#Cc1ccc(Nc2nccc(C(O)c3ccccc3Br)n2)cc1. The molecule has 0 amide bonds. The predicted molar refractivity (Wildman–Crippen MR) is 94.7 cm³/mol. The van der Waals surface area contributed by atoms with E-state index in [4.69, 9.17) is 5.26 Å². The minimum Gasteiger partial charge on any atom is -0.382 e. The molecule has 3 rings (SSSR count). The highest BCUT2D eigenvalue weighted by Gasteiger charge is 2.15. The number of anilines is 2. The Labute approximate surface area is 147 Å². The molecule has 1 heterocycles. The first-order valence-electron chi connectivity index (χ1n) is 7.20. The zero-order chi connectivity index (χ0) is 16.9. The van der Waals surface area contributed by atoms with Gasteiger partial charge in [-0.25, -0.2) is 9.97 Å². The fraction of sp³-hybridized carbons (Fsp3) is 0.0556. The maximum atomic E-state index is 10.5. The van der Waals surface area contributed by atoms with Crippen LogP contribution in [0.25, 0.3) is 0 Å². The molecule has 0 spiro atoms. The molecule has 2 aromatic carbocycles. The summed E-state index contributed by atoms with van der Waals surface area (Å²) in [5, 5.41) is 22.4. The number of nitriles is 1. The smallest absolute Gasteiger partial charge is 0.227 e. The Kier molecular flexibility index (Phi) is 4.85. The Balaban J connectivity index is 1.83. The number of aliphatic hydroxyl groups is 1. The predicted octanol–water partition coefficient (Wildman–Crippen LogP) is 3.94. The van der Waals surface area contributed by atoms with Gasteiger partial charge >= 0.3 is 0 Å². The molecule has 0 fully saturated rings. The molecule has 2 N–H and O–H groups in total. The van der Waals surface area contributed by atoms with Gasteiger partial charge in [0.15, 0.2) is 0 Å². The van der Waals surface area contributed by atoms with E-state index in [-0.39, 0.29) is 0 Å². The first-order valence-corrected chi connectivity index (χ1v) is 7.99. The van der Waals surface area contributed by atoms with Crippen LogP contribution >= 0.6 is 15.9 Å². The number of nitrogens with zero attached hydrogens (tertiary/aromatic N) is 3. The van der Waals surface area contributed by atoms with E-state index in [0.717, 1.165) is 15.7 Å². The van der Waals surface area contributed by atoms with E-state index in [2.05, 4.69) is 37.3 Å². The zero-order valence-corrected chi connectivity index (χ0v) is 14.1. The van der Waals surface area contributed by atoms with Crippen LogP contribution in [0.1, 0.15) is 22.9 Å². The molecule has 1 atom stereocenters. The lowest BCUT2D eigenvalue weighted by atomic mass is 10.1. The Hall–Kier alpha value is -2.75. The van der Waals surface area contributed by atoms with Crippen LogP contribution in [0.2, 0.25) is 0 Å². The highest BCUT2D eigenvalue weighted by molar-refractivity contribution is 9.10. The highest BCUT2D eigenvalue weighted by Crippen LogP contribution is 2.27. The van der Waals surface area contributed by atoms with Crippen molar-refractivity contribution in [1.82, 2.24) is 9.97 Å². The number of benzene rings is 2. The monoisotopic (exact) mass is 380 g/mol. The van der Waals surface area contributed by atoms with Gasteiger partial charge in [-0.2, -0.15) is 5.26 Å². The number of rotatable bonds is 4. The summed E-state index contributed by atoms with van der Waals surface area (Å²) in [6.45, 7) is 0. The lowest BCUT2D eigenvalue weighted by molar-refractivity contribution is 0.214. The van der Waals surface area contributed by atoms with Gasteiger partial charge in [0.2, 0.25) is 5.95 Å². The molecule has 6 heteroatoms. The van der Waals surface area contributed by atoms with E-state index in [9.17, 15) is 5.11 Å². The van der Waals surface area contributed by atoms with Gasteiger partial charge in [0.25, 0.3) is 0 Å². The van der Waals surface area contributed by atoms with Gasteiger partial charge in [-0.15, -0.1) is 0 Å². The van der Waals surface area contributed by atoms with Gasteiger partial charge in [0.05, 0.1) is 17.3 Å².